The minimum absolute atomic E-state index is 0. The van der Waals surface area contributed by atoms with Crippen LogP contribution in [0.4, 0.5) is 0 Å². The first-order chi connectivity index (χ1) is 1.73. The fourth-order valence-corrected chi connectivity index (χ4v) is 0. The normalized spacial score (nSPS) is 4.50. The van der Waals surface area contributed by atoms with Crippen LogP contribution in [-0.2, 0) is 0 Å². The van der Waals surface area contributed by atoms with Gasteiger partial charge in [0, 0.05) is 0 Å². The number of hydrogen-bond donors (Lipinski definition) is 0. The van der Waals surface area contributed by atoms with E-state index in [2.05, 4.69) is 0 Å². The molecule has 0 aromatic heterocycles. The summed E-state index contributed by atoms with van der Waals surface area (Å²) in [5, 5.41) is 25.2. The van der Waals surface area contributed by atoms with E-state index in [0.29, 0.717) is 0 Å². The van der Waals surface area contributed by atoms with E-state index >= 15 is 0 Å². The van der Waals surface area contributed by atoms with Crippen molar-refractivity contribution in [3.05, 3.63) is 0 Å². The molecule has 0 fully saturated rings. The molecule has 0 aliphatic heterocycles. The van der Waals surface area contributed by atoms with Gasteiger partial charge in [-0.25, -0.2) is 0 Å². The maximum atomic E-state index is 8.42. The molecule has 6 heavy (non-hydrogen) atoms. The third kappa shape index (κ3) is 26.5. The van der Waals surface area contributed by atoms with Gasteiger partial charge in [-0.1, -0.05) is 0 Å². The minimum atomic E-state index is -2.92. The van der Waals surface area contributed by atoms with Crippen LogP contribution in [0.5, 0.6) is 0 Å². The Labute approximate surface area is 126 Å². The zero-order chi connectivity index (χ0) is 3.58. The molecule has 0 saturated carbocycles. The van der Waals surface area contributed by atoms with Gasteiger partial charge in [-0.05, 0) is 0 Å². The van der Waals surface area contributed by atoms with Crippen molar-refractivity contribution < 1.29 is 73.3 Å². The van der Waals surface area contributed by atoms with Gasteiger partial charge in [-0.3, -0.25) is 7.32 Å². The average Bonchev–Trinajstić information content (AvgIpc) is 0.811. The molecule has 3 nitrogen and oxygen atoms in total. The van der Waals surface area contributed by atoms with Gasteiger partial charge >= 0.3 is 107 Å². The van der Waals surface area contributed by atoms with E-state index in [1.807, 2.05) is 0 Å². The van der Waals surface area contributed by atoms with E-state index in [1.165, 1.54) is 0 Å². The van der Waals surface area contributed by atoms with Crippen molar-refractivity contribution in [3.63, 3.8) is 0 Å². The van der Waals surface area contributed by atoms with Crippen LogP contribution in [0.1, 0.15) is 0 Å². The fraction of sp³-hybridized carbons (Fsp3) is 0. The summed E-state index contributed by atoms with van der Waals surface area (Å²) in [6.45, 7) is 0. The van der Waals surface area contributed by atoms with Gasteiger partial charge in [-0.15, -0.1) is 0 Å². The van der Waals surface area contributed by atoms with Crippen LogP contribution in [0.3, 0.4) is 0 Å². The Morgan fingerprint density at radius 1 is 1.00 bits per heavy atom. The molecule has 0 N–H and O–H groups in total. The third-order valence-electron chi connectivity index (χ3n) is 0. The van der Waals surface area contributed by atoms with E-state index in [1.54, 1.807) is 0 Å². The second-order valence-electron chi connectivity index (χ2n) is 0.289. The van der Waals surface area contributed by atoms with Crippen LogP contribution in [-0.4, -0.2) is 56.2 Å². The van der Waals surface area contributed by atoms with Crippen LogP contribution in [0.25, 0.3) is 0 Å². The Balaban J connectivity index is -0.0000000450. The van der Waals surface area contributed by atoms with Gasteiger partial charge in [-0.2, -0.15) is 0 Å². The fourth-order valence-electron chi connectivity index (χ4n) is 0. The molecule has 0 spiro atoms. The molecule has 0 aliphatic rings. The van der Waals surface area contributed by atoms with Crippen LogP contribution >= 0.6 is 0 Å². The third-order valence-corrected chi connectivity index (χ3v) is 0. The van der Waals surface area contributed by atoms with Gasteiger partial charge in [0.2, 0.25) is 0 Å². The molecule has 0 atom stereocenters. The summed E-state index contributed by atoms with van der Waals surface area (Å²) >= 11 is 0. The van der Waals surface area contributed by atoms with Crippen LogP contribution < -0.4 is 73.3 Å². The molecule has 0 rings (SSSR count). The summed E-state index contributed by atoms with van der Waals surface area (Å²) in [7, 11) is -2.92. The van der Waals surface area contributed by atoms with Gasteiger partial charge < -0.3 is 15.1 Å². The van der Waals surface area contributed by atoms with Crippen molar-refractivity contribution in [2.45, 2.75) is 0 Å². The molecule has 24 valence electrons. The SMILES string of the molecule is [Ba+2].[O-]B([O-])[O-].[Rb+]. The molecule has 0 unspecified atom stereocenters. The molecular weight excluding hydrogens is 282 g/mol. The Bertz CT molecular complexity index is 15.5. The van der Waals surface area contributed by atoms with Gasteiger partial charge in [0.25, 0.3) is 0 Å². The molecule has 0 aromatic carbocycles. The molecule has 0 amide bonds. The number of hydrogen-bond acceptors (Lipinski definition) is 3. The largest absolute Gasteiger partial charge is 2.00 e. The predicted octanol–water partition coefficient (Wildman–Crippen LogP) is -7.32. The molecule has 0 aliphatic carbocycles. The van der Waals surface area contributed by atoms with Crippen molar-refractivity contribution >= 4 is 56.2 Å². The molecule has 0 bridgehead atoms. The summed E-state index contributed by atoms with van der Waals surface area (Å²) in [5.74, 6) is 0. The zero-order valence-corrected chi connectivity index (χ0v) is 12.9. The Kier molecular flexibility index (Phi) is 30.1. The molecule has 6 heteroatoms. The van der Waals surface area contributed by atoms with Crippen molar-refractivity contribution in [1.82, 2.24) is 0 Å². The first-order valence-electron chi connectivity index (χ1n) is 0.707. The Morgan fingerprint density at radius 2 is 1.00 bits per heavy atom. The van der Waals surface area contributed by atoms with E-state index in [4.69, 9.17) is 15.1 Å². The summed E-state index contributed by atoms with van der Waals surface area (Å²) in [5.41, 5.74) is 0. The van der Waals surface area contributed by atoms with Crippen LogP contribution in [0, 0.1) is 0 Å². The van der Waals surface area contributed by atoms with Gasteiger partial charge in [0.05, 0.1) is 0 Å². The average molecular weight is 282 g/mol. The smallest absolute Gasteiger partial charge is 0.907 e. The van der Waals surface area contributed by atoms with E-state index in [-0.39, 0.29) is 107 Å². The first kappa shape index (κ1) is 16.2. The molecule has 0 heterocycles. The molecular formula is BBaO3Rb. The molecule has 0 saturated heterocycles. The Hall–Kier alpha value is 3.32. The van der Waals surface area contributed by atoms with Crippen molar-refractivity contribution in [2.24, 2.45) is 0 Å². The topological polar surface area (TPSA) is 69.2 Å². The van der Waals surface area contributed by atoms with Crippen molar-refractivity contribution in [2.75, 3.05) is 0 Å². The van der Waals surface area contributed by atoms with Gasteiger partial charge in [0.15, 0.2) is 0 Å². The van der Waals surface area contributed by atoms with Gasteiger partial charge in [0.1, 0.15) is 0 Å². The second kappa shape index (κ2) is 11.2. The number of rotatable bonds is 0. The molecule has 0 aromatic rings. The maximum absolute atomic E-state index is 8.42. The second-order valence-corrected chi connectivity index (χ2v) is 0.289. The maximum Gasteiger partial charge on any atom is 2.00 e. The van der Waals surface area contributed by atoms with Crippen LogP contribution in [0.2, 0.25) is 0 Å². The summed E-state index contributed by atoms with van der Waals surface area (Å²) in [6, 6.07) is 0. The molecule has 0 radical (unpaired) electrons. The minimum Gasteiger partial charge on any atom is -0.907 e. The summed E-state index contributed by atoms with van der Waals surface area (Å²) in [6.07, 6.45) is 0. The first-order valence-corrected chi connectivity index (χ1v) is 0.707. The zero-order valence-electron chi connectivity index (χ0n) is 3.51. The standard InChI is InChI=1S/BO3.Ba.Rb/c2-1(3)4;;/q-3;+2;+1. The predicted molar refractivity (Wildman–Crippen MR) is 11.5 cm³/mol. The summed E-state index contributed by atoms with van der Waals surface area (Å²) < 4.78 is 0. The van der Waals surface area contributed by atoms with E-state index in [0.717, 1.165) is 0 Å². The quantitative estimate of drug-likeness (QED) is 0.414. The summed E-state index contributed by atoms with van der Waals surface area (Å²) in [4.78, 5) is 0. The van der Waals surface area contributed by atoms with E-state index < -0.39 is 7.32 Å². The Morgan fingerprint density at radius 3 is 1.00 bits per heavy atom. The van der Waals surface area contributed by atoms with E-state index in [9.17, 15) is 0 Å². The van der Waals surface area contributed by atoms with Crippen LogP contribution in [0.15, 0.2) is 0 Å². The van der Waals surface area contributed by atoms with Crippen molar-refractivity contribution in [3.8, 4) is 0 Å². The van der Waals surface area contributed by atoms with Crippen molar-refractivity contribution in [1.29, 1.82) is 0 Å². The monoisotopic (exact) mass is 282 g/mol.